The van der Waals surface area contributed by atoms with E-state index in [1.165, 1.54) is 23.3 Å². The lowest BCUT2D eigenvalue weighted by molar-refractivity contribution is -0.0462. The van der Waals surface area contributed by atoms with Crippen molar-refractivity contribution in [2.45, 2.75) is 36.3 Å². The van der Waals surface area contributed by atoms with Crippen LogP contribution in [0.1, 0.15) is 35.6 Å². The number of hydrogen-bond donors (Lipinski definition) is 1. The van der Waals surface area contributed by atoms with Crippen LogP contribution in [0.3, 0.4) is 0 Å². The van der Waals surface area contributed by atoms with Crippen LogP contribution < -0.4 is 0 Å². The van der Waals surface area contributed by atoms with Crippen LogP contribution in [0.2, 0.25) is 0 Å². The van der Waals surface area contributed by atoms with Gasteiger partial charge in [0.05, 0.1) is 10.9 Å². The van der Waals surface area contributed by atoms with E-state index in [9.17, 15) is 13.2 Å². The van der Waals surface area contributed by atoms with Gasteiger partial charge in [-0.1, -0.05) is 84.9 Å². The van der Waals surface area contributed by atoms with E-state index in [2.05, 4.69) is 41.3 Å². The van der Waals surface area contributed by atoms with Gasteiger partial charge in [-0.3, -0.25) is 14.4 Å². The van der Waals surface area contributed by atoms with Gasteiger partial charge in [-0.15, -0.1) is 0 Å². The minimum Gasteiger partial charge on any atom is -0.444 e. The number of benzene rings is 4. The molecule has 7 nitrogen and oxygen atoms in total. The topological polar surface area (TPSA) is 87.2 Å². The lowest BCUT2D eigenvalue weighted by atomic mass is 9.86. The maximum absolute atomic E-state index is 13.2. The molecule has 0 saturated carbocycles. The molecule has 0 aromatic heterocycles. The number of rotatable bonds is 3. The van der Waals surface area contributed by atoms with E-state index in [1.54, 1.807) is 12.1 Å². The maximum atomic E-state index is 13.2. The van der Waals surface area contributed by atoms with Crippen LogP contribution in [0.25, 0.3) is 10.8 Å². The van der Waals surface area contributed by atoms with E-state index in [0.29, 0.717) is 12.5 Å². The van der Waals surface area contributed by atoms with E-state index < -0.39 is 10.1 Å². The van der Waals surface area contributed by atoms with Crippen molar-refractivity contribution in [2.75, 3.05) is 26.2 Å². The fraction of sp³-hybridized carbons (Fsp3) is 0.303. The van der Waals surface area contributed by atoms with E-state index in [-0.39, 0.29) is 23.1 Å². The summed E-state index contributed by atoms with van der Waals surface area (Å²) >= 11 is 0. The molecular weight excluding hydrogens is 536 g/mol. The van der Waals surface area contributed by atoms with Gasteiger partial charge >= 0.3 is 6.09 Å². The average Bonchev–Trinajstić information content (AvgIpc) is 3.01. The van der Waals surface area contributed by atoms with Crippen molar-refractivity contribution >= 4 is 27.0 Å². The lowest BCUT2D eigenvalue weighted by Crippen LogP contribution is -2.53. The number of nitrogens with zero attached hydrogens (tertiary/aromatic N) is 2. The van der Waals surface area contributed by atoms with Crippen molar-refractivity contribution in [2.24, 2.45) is 5.92 Å². The summed E-state index contributed by atoms with van der Waals surface area (Å²) in [5.41, 5.74) is 3.70. The molecule has 212 valence electrons. The quantitative estimate of drug-likeness (QED) is 0.306. The molecule has 4 heterocycles. The maximum Gasteiger partial charge on any atom is 0.410 e. The van der Waals surface area contributed by atoms with Crippen LogP contribution in [0.5, 0.6) is 0 Å². The summed E-state index contributed by atoms with van der Waals surface area (Å²) in [5, 5.41) is 1.74. The van der Waals surface area contributed by atoms with Crippen molar-refractivity contribution in [3.05, 3.63) is 114 Å². The van der Waals surface area contributed by atoms with Crippen molar-refractivity contribution in [1.82, 2.24) is 9.80 Å². The van der Waals surface area contributed by atoms with Gasteiger partial charge in [0.15, 0.2) is 0 Å². The summed E-state index contributed by atoms with van der Waals surface area (Å²) in [4.78, 5) is 17.5. The van der Waals surface area contributed by atoms with Crippen molar-refractivity contribution in [1.29, 1.82) is 0 Å². The molecule has 1 N–H and O–H groups in total. The molecule has 3 saturated heterocycles. The van der Waals surface area contributed by atoms with E-state index in [4.69, 9.17) is 9.29 Å². The molecular formula is C33H34N2O5S. The minimum atomic E-state index is -4.09. The minimum absolute atomic E-state index is 0.0496. The van der Waals surface area contributed by atoms with Gasteiger partial charge < -0.3 is 4.74 Å². The van der Waals surface area contributed by atoms with Gasteiger partial charge in [0.1, 0.15) is 6.10 Å². The van der Waals surface area contributed by atoms with Crippen LogP contribution >= 0.6 is 0 Å². The zero-order chi connectivity index (χ0) is 28.4. The highest BCUT2D eigenvalue weighted by atomic mass is 32.2. The van der Waals surface area contributed by atoms with Gasteiger partial charge in [-0.25, -0.2) is 4.79 Å². The lowest BCUT2D eigenvalue weighted by Gasteiger charge is -2.45. The molecule has 8 heteroatoms. The Balaban J connectivity index is 0.000000182. The first-order valence-corrected chi connectivity index (χ1v) is 15.6. The second-order valence-corrected chi connectivity index (χ2v) is 12.4. The zero-order valence-corrected chi connectivity index (χ0v) is 23.6. The summed E-state index contributed by atoms with van der Waals surface area (Å²) in [7, 11) is -4.09. The van der Waals surface area contributed by atoms with Crippen LogP contribution in [0.4, 0.5) is 4.79 Å². The van der Waals surface area contributed by atoms with Crippen LogP contribution in [0, 0.1) is 5.92 Å². The molecule has 3 fully saturated rings. The van der Waals surface area contributed by atoms with Gasteiger partial charge in [-0.2, -0.15) is 8.42 Å². The van der Waals surface area contributed by atoms with Gasteiger partial charge in [0, 0.05) is 13.1 Å². The summed E-state index contributed by atoms with van der Waals surface area (Å²) in [6.45, 7) is 3.91. The third-order valence-corrected chi connectivity index (χ3v) is 9.35. The molecule has 1 amide bonds. The summed E-state index contributed by atoms with van der Waals surface area (Å²) in [5.74, 6) is 0.534. The molecule has 4 aromatic rings. The van der Waals surface area contributed by atoms with E-state index >= 15 is 0 Å². The predicted molar refractivity (Wildman–Crippen MR) is 158 cm³/mol. The van der Waals surface area contributed by atoms with Crippen molar-refractivity contribution < 1.29 is 22.5 Å². The molecule has 2 atom stereocenters. The molecule has 8 rings (SSSR count). The number of carbonyl (C=O) groups is 1. The molecule has 4 aromatic carbocycles. The Kier molecular flexibility index (Phi) is 7.79. The Morgan fingerprint density at radius 1 is 0.805 bits per heavy atom. The zero-order valence-electron chi connectivity index (χ0n) is 22.8. The highest BCUT2D eigenvalue weighted by molar-refractivity contribution is 7.85. The van der Waals surface area contributed by atoms with Gasteiger partial charge in [-0.05, 0) is 77.9 Å². The molecule has 0 aliphatic carbocycles. The Bertz CT molecular complexity index is 1630. The molecule has 4 aliphatic heterocycles. The molecule has 0 spiro atoms. The fourth-order valence-electron chi connectivity index (χ4n) is 6.33. The Morgan fingerprint density at radius 2 is 1.49 bits per heavy atom. The predicted octanol–water partition coefficient (Wildman–Crippen LogP) is 5.95. The molecule has 0 unspecified atom stereocenters. The number of piperidine rings is 3. The van der Waals surface area contributed by atoms with E-state index in [1.807, 2.05) is 41.3 Å². The standard InChI is InChI=1S/C23H26N2O2.C10H8O3S/c26-23(27-21-16-24-13-10-18(21)11-14-24)25-15-12-17-6-4-5-9-20(17)22(25)19-7-2-1-3-8-19;11-14(12,13)10-6-5-8-3-1-2-4-9(8)7-10/h1-9,18,21-22H,10-16H2;1-7H,(H,11,12,13)/t21-,22-;/m0./s1. The molecule has 0 radical (unpaired) electrons. The highest BCUT2D eigenvalue weighted by Crippen LogP contribution is 2.37. The second kappa shape index (κ2) is 11.6. The molecule has 2 bridgehead atoms. The third-order valence-electron chi connectivity index (χ3n) is 8.50. The smallest absolute Gasteiger partial charge is 0.410 e. The highest BCUT2D eigenvalue weighted by Gasteiger charge is 2.39. The third kappa shape index (κ3) is 6.00. The summed E-state index contributed by atoms with van der Waals surface area (Å²) in [6, 6.07) is 30.6. The first kappa shape index (κ1) is 27.4. The Morgan fingerprint density at radius 3 is 2.20 bits per heavy atom. The van der Waals surface area contributed by atoms with Crippen LogP contribution in [-0.4, -0.2) is 61.1 Å². The number of hydrogen-bond acceptors (Lipinski definition) is 5. The summed E-state index contributed by atoms with van der Waals surface area (Å²) in [6.07, 6.45) is 3.09. The largest absolute Gasteiger partial charge is 0.444 e. The number of amides is 1. The number of ether oxygens (including phenoxy) is 1. The van der Waals surface area contributed by atoms with Crippen molar-refractivity contribution in [3.63, 3.8) is 0 Å². The van der Waals surface area contributed by atoms with E-state index in [0.717, 1.165) is 55.2 Å². The normalized spacial score (nSPS) is 23.3. The number of carbonyl (C=O) groups excluding carboxylic acids is 1. The number of fused-ring (bicyclic) bond motifs is 5. The SMILES string of the molecule is O=C(O[C@H]1CN2CCC1CC2)N1CCc2ccccc2[C@@H]1c1ccccc1.O=S(=O)(O)c1ccc2ccccc2c1. The van der Waals surface area contributed by atoms with Crippen molar-refractivity contribution in [3.8, 4) is 0 Å². The van der Waals surface area contributed by atoms with Crippen LogP contribution in [-0.2, 0) is 21.3 Å². The Labute approximate surface area is 241 Å². The summed E-state index contributed by atoms with van der Waals surface area (Å²) < 4.78 is 36.6. The Hall–Kier alpha value is -3.72. The van der Waals surface area contributed by atoms with Gasteiger partial charge in [0.25, 0.3) is 10.1 Å². The first-order chi connectivity index (χ1) is 19.9. The monoisotopic (exact) mass is 570 g/mol. The second-order valence-electron chi connectivity index (χ2n) is 11.0. The average molecular weight is 571 g/mol. The van der Waals surface area contributed by atoms with Gasteiger partial charge in [0.2, 0.25) is 0 Å². The first-order valence-electron chi connectivity index (χ1n) is 14.2. The fourth-order valence-corrected chi connectivity index (χ4v) is 6.84. The van der Waals surface area contributed by atoms with Crippen LogP contribution in [0.15, 0.2) is 102 Å². The molecule has 4 aliphatic rings. The molecule has 41 heavy (non-hydrogen) atoms.